The Morgan fingerprint density at radius 2 is 2.30 bits per heavy atom. The minimum absolute atomic E-state index is 0.0609. The second kappa shape index (κ2) is 6.85. The molecule has 0 bridgehead atoms. The molecule has 0 saturated carbocycles. The summed E-state index contributed by atoms with van der Waals surface area (Å²) in [6.45, 7) is 0.578. The van der Waals surface area contributed by atoms with Gasteiger partial charge in [0.05, 0.1) is 4.92 Å². The maximum absolute atomic E-state index is 12.0. The average Bonchev–Trinajstić information content (AvgIpc) is 2.46. The van der Waals surface area contributed by atoms with Crippen LogP contribution in [0.1, 0.15) is 10.4 Å². The normalized spacial score (nSPS) is 18.5. The summed E-state index contributed by atoms with van der Waals surface area (Å²) in [6.07, 6.45) is 0. The summed E-state index contributed by atoms with van der Waals surface area (Å²) < 4.78 is 0. The summed E-state index contributed by atoms with van der Waals surface area (Å²) in [5.41, 5.74) is 5.59. The van der Waals surface area contributed by atoms with Crippen molar-refractivity contribution in [1.29, 1.82) is 0 Å². The predicted octanol–water partition coefficient (Wildman–Crippen LogP) is 1.76. The number of hydrogen-bond acceptors (Lipinski definition) is 6. The molecule has 1 aromatic carbocycles. The van der Waals surface area contributed by atoms with E-state index in [2.05, 4.69) is 5.32 Å². The Morgan fingerprint density at radius 3 is 2.95 bits per heavy atom. The second-order valence-electron chi connectivity index (χ2n) is 4.31. The molecule has 0 radical (unpaired) electrons. The Bertz CT molecular complexity index is 519. The zero-order valence-electron chi connectivity index (χ0n) is 10.7. The van der Waals surface area contributed by atoms with E-state index in [1.807, 2.05) is 23.5 Å². The van der Waals surface area contributed by atoms with Crippen molar-refractivity contribution in [2.24, 2.45) is 0 Å². The van der Waals surface area contributed by atoms with E-state index in [4.69, 9.17) is 5.73 Å². The van der Waals surface area contributed by atoms with Crippen LogP contribution in [0, 0.1) is 10.1 Å². The van der Waals surface area contributed by atoms with Crippen LogP contribution in [0.15, 0.2) is 18.2 Å². The summed E-state index contributed by atoms with van der Waals surface area (Å²) in [5, 5.41) is 14.0. The van der Waals surface area contributed by atoms with Crippen molar-refractivity contribution in [2.45, 2.75) is 5.25 Å². The van der Waals surface area contributed by atoms with Gasteiger partial charge in [0, 0.05) is 40.7 Å². The zero-order valence-corrected chi connectivity index (χ0v) is 12.3. The van der Waals surface area contributed by atoms with Crippen LogP contribution in [0.5, 0.6) is 0 Å². The van der Waals surface area contributed by atoms with Crippen LogP contribution in [-0.4, -0.2) is 39.9 Å². The van der Waals surface area contributed by atoms with Crippen LogP contribution in [0.2, 0.25) is 0 Å². The molecule has 1 aliphatic heterocycles. The lowest BCUT2D eigenvalue weighted by Crippen LogP contribution is -2.33. The van der Waals surface area contributed by atoms with E-state index >= 15 is 0 Å². The van der Waals surface area contributed by atoms with Crippen molar-refractivity contribution in [1.82, 2.24) is 5.32 Å². The molecule has 3 N–H and O–H groups in total. The number of nitrogens with one attached hydrogen (secondary N) is 1. The summed E-state index contributed by atoms with van der Waals surface area (Å²) in [4.78, 5) is 22.2. The third-order valence-electron chi connectivity index (χ3n) is 2.86. The van der Waals surface area contributed by atoms with Gasteiger partial charge in [0.25, 0.3) is 11.6 Å². The molecule has 20 heavy (non-hydrogen) atoms. The number of nitrogen functional groups attached to an aromatic ring is 1. The molecule has 1 aliphatic rings. The number of nitrogens with zero attached hydrogens (tertiary/aromatic N) is 1. The molecular weight excluding hydrogens is 298 g/mol. The predicted molar refractivity (Wildman–Crippen MR) is 83.4 cm³/mol. The molecule has 1 fully saturated rings. The Hall–Kier alpha value is -1.41. The molecule has 1 amide bonds. The molecule has 0 spiro atoms. The van der Waals surface area contributed by atoms with Crippen molar-refractivity contribution in [3.63, 3.8) is 0 Å². The van der Waals surface area contributed by atoms with Gasteiger partial charge in [0.15, 0.2) is 0 Å². The largest absolute Gasteiger partial charge is 0.393 e. The number of hydrogen-bond donors (Lipinski definition) is 2. The van der Waals surface area contributed by atoms with Gasteiger partial charge < -0.3 is 11.1 Å². The zero-order chi connectivity index (χ0) is 14.5. The standard InChI is InChI=1S/C12H15N3O3S2/c13-10-2-1-8(5-11(10)15(17)18)12(16)14-6-9-7-19-3-4-20-9/h1-2,5,9H,3-4,6-7,13H2,(H,14,16). The second-order valence-corrected chi connectivity index (χ2v) is 6.87. The fourth-order valence-electron chi connectivity index (χ4n) is 1.81. The van der Waals surface area contributed by atoms with Gasteiger partial charge in [0.1, 0.15) is 5.69 Å². The van der Waals surface area contributed by atoms with Gasteiger partial charge in [-0.1, -0.05) is 0 Å². The molecule has 1 saturated heterocycles. The van der Waals surface area contributed by atoms with Crippen LogP contribution in [0.3, 0.4) is 0 Å². The van der Waals surface area contributed by atoms with Gasteiger partial charge in [-0.2, -0.15) is 23.5 Å². The fraction of sp³-hybridized carbons (Fsp3) is 0.417. The van der Waals surface area contributed by atoms with Crippen molar-refractivity contribution >= 4 is 40.8 Å². The summed E-state index contributed by atoms with van der Waals surface area (Å²) >= 11 is 3.73. The first-order valence-corrected chi connectivity index (χ1v) is 8.29. The van der Waals surface area contributed by atoms with Crippen LogP contribution in [0.4, 0.5) is 11.4 Å². The topological polar surface area (TPSA) is 98.3 Å². The van der Waals surface area contributed by atoms with Crippen molar-refractivity contribution < 1.29 is 9.72 Å². The Balaban J connectivity index is 1.98. The number of nitro benzene ring substituents is 1. The number of thioether (sulfide) groups is 2. The molecule has 1 atom stereocenters. The SMILES string of the molecule is Nc1ccc(C(=O)NCC2CSCCS2)cc1[N+](=O)[O-]. The highest BCUT2D eigenvalue weighted by atomic mass is 32.2. The van der Waals surface area contributed by atoms with E-state index < -0.39 is 4.92 Å². The highest BCUT2D eigenvalue weighted by molar-refractivity contribution is 8.06. The number of benzene rings is 1. The van der Waals surface area contributed by atoms with E-state index in [1.165, 1.54) is 18.2 Å². The first kappa shape index (κ1) is 15.0. The molecule has 1 heterocycles. The van der Waals surface area contributed by atoms with Crippen LogP contribution >= 0.6 is 23.5 Å². The number of anilines is 1. The van der Waals surface area contributed by atoms with Crippen LogP contribution < -0.4 is 11.1 Å². The maximum atomic E-state index is 12.0. The molecule has 108 valence electrons. The van der Waals surface area contributed by atoms with E-state index in [0.717, 1.165) is 17.3 Å². The first-order valence-electron chi connectivity index (χ1n) is 6.09. The third kappa shape index (κ3) is 3.80. The number of carbonyl (C=O) groups excluding carboxylic acids is 1. The Morgan fingerprint density at radius 1 is 1.50 bits per heavy atom. The molecule has 2 rings (SSSR count). The molecule has 1 aromatic rings. The smallest absolute Gasteiger partial charge is 0.292 e. The Labute approximate surface area is 125 Å². The number of rotatable bonds is 4. The lowest BCUT2D eigenvalue weighted by Gasteiger charge is -2.21. The minimum Gasteiger partial charge on any atom is -0.393 e. The summed E-state index contributed by atoms with van der Waals surface area (Å²) in [5.74, 6) is 2.97. The van der Waals surface area contributed by atoms with E-state index in [0.29, 0.717) is 11.8 Å². The third-order valence-corrected chi connectivity index (χ3v) is 5.71. The average molecular weight is 313 g/mol. The first-order chi connectivity index (χ1) is 9.58. The summed E-state index contributed by atoms with van der Waals surface area (Å²) in [6, 6.07) is 4.10. The molecule has 1 unspecified atom stereocenters. The quantitative estimate of drug-likeness (QED) is 0.499. The lowest BCUT2D eigenvalue weighted by molar-refractivity contribution is -0.383. The van der Waals surface area contributed by atoms with Gasteiger partial charge in [0.2, 0.25) is 0 Å². The number of nitrogens with two attached hydrogens (primary N) is 1. The number of carbonyl (C=O) groups is 1. The number of nitro groups is 1. The fourth-order valence-corrected chi connectivity index (χ4v) is 4.42. The highest BCUT2D eigenvalue weighted by Gasteiger charge is 2.18. The van der Waals surface area contributed by atoms with Crippen molar-refractivity contribution in [3.8, 4) is 0 Å². The van der Waals surface area contributed by atoms with Gasteiger partial charge in [-0.15, -0.1) is 0 Å². The molecular formula is C12H15N3O3S2. The maximum Gasteiger partial charge on any atom is 0.292 e. The van der Waals surface area contributed by atoms with Crippen LogP contribution in [0.25, 0.3) is 0 Å². The minimum atomic E-state index is -0.584. The molecule has 0 aromatic heterocycles. The van der Waals surface area contributed by atoms with Gasteiger partial charge in [-0.25, -0.2) is 0 Å². The van der Waals surface area contributed by atoms with Gasteiger partial charge in [-0.3, -0.25) is 14.9 Å². The Kier molecular flexibility index (Phi) is 5.13. The monoisotopic (exact) mass is 313 g/mol. The van der Waals surface area contributed by atoms with Crippen molar-refractivity contribution in [3.05, 3.63) is 33.9 Å². The number of amides is 1. The molecule has 0 aliphatic carbocycles. The van der Waals surface area contributed by atoms with E-state index in [1.54, 1.807) is 0 Å². The molecule has 6 nitrogen and oxygen atoms in total. The van der Waals surface area contributed by atoms with Crippen molar-refractivity contribution in [2.75, 3.05) is 29.5 Å². The van der Waals surface area contributed by atoms with E-state index in [9.17, 15) is 14.9 Å². The van der Waals surface area contributed by atoms with Gasteiger partial charge >= 0.3 is 0 Å². The van der Waals surface area contributed by atoms with Gasteiger partial charge in [-0.05, 0) is 12.1 Å². The molecule has 8 heteroatoms. The lowest BCUT2D eigenvalue weighted by atomic mass is 10.1. The summed E-state index contributed by atoms with van der Waals surface area (Å²) in [7, 11) is 0. The highest BCUT2D eigenvalue weighted by Crippen LogP contribution is 2.24. The van der Waals surface area contributed by atoms with E-state index in [-0.39, 0.29) is 22.8 Å². The van der Waals surface area contributed by atoms with Crippen LogP contribution in [-0.2, 0) is 0 Å².